The van der Waals surface area contributed by atoms with Crippen molar-refractivity contribution in [2.75, 3.05) is 25.0 Å². The summed E-state index contributed by atoms with van der Waals surface area (Å²) in [5, 5.41) is 6.66. The molecule has 154 valence electrons. The van der Waals surface area contributed by atoms with Crippen LogP contribution in [-0.4, -0.2) is 42.6 Å². The zero-order valence-electron chi connectivity index (χ0n) is 16.4. The first-order chi connectivity index (χ1) is 14.0. The second-order valence-electron chi connectivity index (χ2n) is 7.32. The van der Waals surface area contributed by atoms with Gasteiger partial charge in [-0.05, 0) is 36.1 Å². The van der Waals surface area contributed by atoms with Crippen molar-refractivity contribution in [2.24, 2.45) is 5.92 Å². The Kier molecular flexibility index (Phi) is 7.36. The number of nitrogens with zero attached hydrogens (tertiary/aromatic N) is 1. The number of anilines is 1. The molecule has 2 aromatic carbocycles. The number of halogens is 1. The van der Waals surface area contributed by atoms with Crippen LogP contribution in [0.5, 0.6) is 0 Å². The Bertz CT molecular complexity index is 831. The molecule has 1 unspecified atom stereocenters. The fraction of sp³-hybridized carbons (Fsp3) is 0.364. The lowest BCUT2D eigenvalue weighted by Gasteiger charge is -2.36. The van der Waals surface area contributed by atoms with Crippen molar-refractivity contribution in [3.8, 4) is 0 Å². The molecule has 0 spiro atoms. The molecule has 2 amide bonds. The highest BCUT2D eigenvalue weighted by molar-refractivity contribution is 6.30. The number of benzene rings is 2. The van der Waals surface area contributed by atoms with E-state index in [0.29, 0.717) is 37.0 Å². The molecule has 6 nitrogen and oxygen atoms in total. The summed E-state index contributed by atoms with van der Waals surface area (Å²) in [6, 6.07) is 16.3. The molecule has 0 saturated carbocycles. The van der Waals surface area contributed by atoms with Gasteiger partial charge in [0.15, 0.2) is 0 Å². The van der Waals surface area contributed by atoms with Crippen molar-refractivity contribution in [1.29, 1.82) is 0 Å². The van der Waals surface area contributed by atoms with E-state index in [9.17, 15) is 9.59 Å². The third-order valence-corrected chi connectivity index (χ3v) is 5.06. The predicted octanol–water partition coefficient (Wildman–Crippen LogP) is 3.92. The van der Waals surface area contributed by atoms with Gasteiger partial charge in [0.25, 0.3) is 0 Å². The number of likely N-dealkylation sites (tertiary alicyclic amines) is 1. The van der Waals surface area contributed by atoms with E-state index in [0.717, 1.165) is 11.3 Å². The molecule has 1 aliphatic rings. The maximum atomic E-state index is 12.8. The van der Waals surface area contributed by atoms with Gasteiger partial charge in [-0.3, -0.25) is 4.79 Å². The number of hydrogen-bond donors (Lipinski definition) is 2. The highest BCUT2D eigenvalue weighted by atomic mass is 35.5. The molecule has 1 heterocycles. The van der Waals surface area contributed by atoms with Gasteiger partial charge in [-0.1, -0.05) is 54.9 Å². The molecule has 3 rings (SSSR count). The van der Waals surface area contributed by atoms with E-state index in [1.165, 1.54) is 0 Å². The zero-order valence-corrected chi connectivity index (χ0v) is 17.2. The van der Waals surface area contributed by atoms with E-state index >= 15 is 0 Å². The lowest BCUT2D eigenvalue weighted by atomic mass is 9.95. The first-order valence-electron chi connectivity index (χ1n) is 9.76. The summed E-state index contributed by atoms with van der Waals surface area (Å²) < 4.78 is 5.25. The van der Waals surface area contributed by atoms with E-state index in [2.05, 4.69) is 17.6 Å². The van der Waals surface area contributed by atoms with Crippen LogP contribution in [0.4, 0.5) is 10.5 Å². The monoisotopic (exact) mass is 415 g/mol. The molecule has 29 heavy (non-hydrogen) atoms. The van der Waals surface area contributed by atoms with E-state index in [4.69, 9.17) is 16.3 Å². The first-order valence-corrected chi connectivity index (χ1v) is 10.1. The lowest BCUT2D eigenvalue weighted by molar-refractivity contribution is -0.137. The van der Waals surface area contributed by atoms with Crippen molar-refractivity contribution in [1.82, 2.24) is 10.2 Å². The molecule has 0 aromatic heterocycles. The van der Waals surface area contributed by atoms with E-state index < -0.39 is 12.1 Å². The van der Waals surface area contributed by atoms with Crippen LogP contribution in [0.3, 0.4) is 0 Å². The summed E-state index contributed by atoms with van der Waals surface area (Å²) in [4.78, 5) is 26.7. The summed E-state index contributed by atoms with van der Waals surface area (Å²) in [6.45, 7) is 4.08. The van der Waals surface area contributed by atoms with Crippen molar-refractivity contribution < 1.29 is 14.3 Å². The molecule has 7 heteroatoms. The molecule has 0 bridgehead atoms. The number of piperidine rings is 1. The predicted molar refractivity (Wildman–Crippen MR) is 114 cm³/mol. The Morgan fingerprint density at radius 2 is 2.00 bits per heavy atom. The smallest absolute Gasteiger partial charge is 0.408 e. The van der Waals surface area contributed by atoms with Crippen LogP contribution in [0.15, 0.2) is 54.6 Å². The third kappa shape index (κ3) is 6.39. The fourth-order valence-corrected chi connectivity index (χ4v) is 3.62. The molecule has 0 aliphatic carbocycles. The van der Waals surface area contributed by atoms with Gasteiger partial charge >= 0.3 is 6.09 Å². The first kappa shape index (κ1) is 21.0. The zero-order chi connectivity index (χ0) is 20.6. The normalized spacial score (nSPS) is 19.0. The highest BCUT2D eigenvalue weighted by Gasteiger charge is 2.33. The van der Waals surface area contributed by atoms with Gasteiger partial charge in [-0.25, -0.2) is 4.79 Å². The van der Waals surface area contributed by atoms with Crippen molar-refractivity contribution in [3.05, 3.63) is 65.2 Å². The summed E-state index contributed by atoms with van der Waals surface area (Å²) >= 11 is 5.99. The minimum absolute atomic E-state index is 0.0762. The summed E-state index contributed by atoms with van der Waals surface area (Å²) in [6.07, 6.45) is 0.0376. The van der Waals surface area contributed by atoms with Crippen molar-refractivity contribution in [3.63, 3.8) is 0 Å². The number of carbonyl (C=O) groups is 2. The molecule has 2 N–H and O–H groups in total. The number of rotatable bonds is 7. The van der Waals surface area contributed by atoms with E-state index in [1.807, 2.05) is 54.6 Å². The SMILES string of the molecule is CC1C[C@H](NC(=O)OCc2ccccc2)C(=O)N(CCNc2cccc(Cl)c2)C1. The van der Waals surface area contributed by atoms with Crippen molar-refractivity contribution >= 4 is 29.3 Å². The standard InChI is InChI=1S/C22H26ClN3O3/c1-16-12-20(25-22(28)29-15-17-6-3-2-4-7-17)21(27)26(14-16)11-10-24-19-9-5-8-18(23)13-19/h2-9,13,16,20,24H,10-12,14-15H2,1H3,(H,25,28)/t16?,20-/m0/s1. The number of ether oxygens (including phenoxy) is 1. The van der Waals surface area contributed by atoms with Crippen LogP contribution in [0.1, 0.15) is 18.9 Å². The van der Waals surface area contributed by atoms with E-state index in [1.54, 1.807) is 4.90 Å². The summed E-state index contributed by atoms with van der Waals surface area (Å²) in [5.41, 5.74) is 1.81. The number of alkyl carbamates (subject to hydrolysis) is 1. The van der Waals surface area contributed by atoms with Crippen LogP contribution >= 0.6 is 11.6 Å². The number of carbonyl (C=O) groups excluding carboxylic acids is 2. The number of amides is 2. The molecule has 1 saturated heterocycles. The lowest BCUT2D eigenvalue weighted by Crippen LogP contribution is -2.55. The summed E-state index contributed by atoms with van der Waals surface area (Å²) in [7, 11) is 0. The molecular weight excluding hydrogens is 390 g/mol. The van der Waals surface area contributed by atoms with Crippen LogP contribution in [-0.2, 0) is 16.1 Å². The Morgan fingerprint density at radius 3 is 2.76 bits per heavy atom. The maximum Gasteiger partial charge on any atom is 0.408 e. The van der Waals surface area contributed by atoms with E-state index in [-0.39, 0.29) is 12.5 Å². The molecule has 1 fully saturated rings. The molecule has 2 atom stereocenters. The second kappa shape index (κ2) is 10.2. The average molecular weight is 416 g/mol. The maximum absolute atomic E-state index is 12.8. The van der Waals surface area contributed by atoms with Crippen LogP contribution < -0.4 is 10.6 Å². The van der Waals surface area contributed by atoms with Gasteiger partial charge in [0.2, 0.25) is 5.91 Å². The molecule has 2 aromatic rings. The summed E-state index contributed by atoms with van der Waals surface area (Å²) in [5.74, 6) is 0.214. The minimum Gasteiger partial charge on any atom is -0.445 e. The van der Waals surface area contributed by atoms with Crippen molar-refractivity contribution in [2.45, 2.75) is 26.0 Å². The Morgan fingerprint density at radius 1 is 1.21 bits per heavy atom. The largest absolute Gasteiger partial charge is 0.445 e. The van der Waals surface area contributed by atoms with Gasteiger partial charge in [-0.15, -0.1) is 0 Å². The Labute approximate surface area is 176 Å². The van der Waals surface area contributed by atoms with Crippen LogP contribution in [0.25, 0.3) is 0 Å². The Balaban J connectivity index is 1.48. The average Bonchev–Trinajstić information content (AvgIpc) is 2.70. The second-order valence-corrected chi connectivity index (χ2v) is 7.76. The quantitative estimate of drug-likeness (QED) is 0.719. The van der Waals surface area contributed by atoms with Crippen LogP contribution in [0, 0.1) is 5.92 Å². The van der Waals surface area contributed by atoms with Gasteiger partial charge < -0.3 is 20.3 Å². The minimum atomic E-state index is -0.571. The van der Waals surface area contributed by atoms with Gasteiger partial charge in [0, 0.05) is 30.3 Å². The van der Waals surface area contributed by atoms with Gasteiger partial charge in [0.05, 0.1) is 0 Å². The topological polar surface area (TPSA) is 70.7 Å². The molecule has 0 radical (unpaired) electrons. The van der Waals surface area contributed by atoms with Gasteiger partial charge in [0.1, 0.15) is 12.6 Å². The molecule has 1 aliphatic heterocycles. The van der Waals surface area contributed by atoms with Crippen LogP contribution in [0.2, 0.25) is 5.02 Å². The number of hydrogen-bond acceptors (Lipinski definition) is 4. The van der Waals surface area contributed by atoms with Gasteiger partial charge in [-0.2, -0.15) is 0 Å². The number of nitrogens with one attached hydrogen (secondary N) is 2. The fourth-order valence-electron chi connectivity index (χ4n) is 3.43. The highest BCUT2D eigenvalue weighted by Crippen LogP contribution is 2.19. The third-order valence-electron chi connectivity index (χ3n) is 4.82. The Hall–Kier alpha value is -2.73. The molecular formula is C22H26ClN3O3.